The Morgan fingerprint density at radius 1 is 1.00 bits per heavy atom. The van der Waals surface area contributed by atoms with Crippen LogP contribution in [0.2, 0.25) is 0 Å². The van der Waals surface area contributed by atoms with Crippen LogP contribution in [0.25, 0.3) is 16.7 Å². The van der Waals surface area contributed by atoms with Gasteiger partial charge in [-0.15, -0.1) is 5.10 Å². The molecule has 0 aliphatic carbocycles. The van der Waals surface area contributed by atoms with Crippen LogP contribution in [0.1, 0.15) is 0 Å². The van der Waals surface area contributed by atoms with E-state index in [0.29, 0.717) is 11.2 Å². The van der Waals surface area contributed by atoms with Crippen molar-refractivity contribution in [2.45, 2.75) is 11.9 Å². The number of hydrogen-bond donors (Lipinski definition) is 4. The maximum absolute atomic E-state index is 11.3. The Hall–Kier alpha value is -1.93. The van der Waals surface area contributed by atoms with E-state index < -0.39 is 27.1 Å². The van der Waals surface area contributed by atoms with Gasteiger partial charge in [0, 0.05) is 12.1 Å². The summed E-state index contributed by atoms with van der Waals surface area (Å²) >= 11 is 0. The Morgan fingerprint density at radius 3 is 2.20 bits per heavy atom. The first-order chi connectivity index (χ1) is 11.7. The van der Waals surface area contributed by atoms with Gasteiger partial charge in [-0.2, -0.15) is 0 Å². The Kier molecular flexibility index (Phi) is 4.59. The molecule has 0 aliphatic rings. The monoisotopic (exact) mass is 385 g/mol. The topological polar surface area (TPSA) is 150 Å². The lowest BCUT2D eigenvalue weighted by molar-refractivity contribution is -0.694. The smallest absolute Gasteiger partial charge is 0.324 e. The van der Waals surface area contributed by atoms with Crippen molar-refractivity contribution < 1.29 is 33.3 Å². The van der Waals surface area contributed by atoms with Crippen molar-refractivity contribution in [1.82, 2.24) is 15.0 Å². The summed E-state index contributed by atoms with van der Waals surface area (Å²) in [7, 11) is -9.93. The average molecular weight is 385 g/mol. The standard InChI is InChI=1S/C13H14N4O6P2/c18-24(19,20)13(25(21,22)23)9-16-7-5-10(6-8-16)17-12-4-2-1-3-11(12)14-15-17/h1-8,13H,9H2,(H3-,18,19,20,21,22,23)/p+1. The second-order valence-electron chi connectivity index (χ2n) is 5.40. The van der Waals surface area contributed by atoms with Gasteiger partial charge in [0.05, 0.1) is 11.2 Å². The summed E-state index contributed by atoms with van der Waals surface area (Å²) in [4.78, 5) is 36.7. The second-order valence-corrected chi connectivity index (χ2v) is 9.41. The minimum atomic E-state index is -4.97. The molecule has 3 aromatic rings. The molecule has 0 bridgehead atoms. The Balaban J connectivity index is 1.90. The van der Waals surface area contributed by atoms with Gasteiger partial charge in [-0.25, -0.2) is 9.25 Å². The molecule has 12 heteroatoms. The van der Waals surface area contributed by atoms with Gasteiger partial charge >= 0.3 is 15.2 Å². The van der Waals surface area contributed by atoms with Crippen LogP contribution in [0, 0.1) is 0 Å². The summed E-state index contributed by atoms with van der Waals surface area (Å²) in [5.74, 6) is 0. The first kappa shape index (κ1) is 17.9. The molecular formula is C13H15N4O6P2+. The molecule has 0 saturated heterocycles. The van der Waals surface area contributed by atoms with Gasteiger partial charge in [0.15, 0.2) is 18.9 Å². The third-order valence-corrected chi connectivity index (χ3v) is 7.31. The number of fused-ring (bicyclic) bond motifs is 1. The zero-order chi connectivity index (χ0) is 18.2. The predicted octanol–water partition coefficient (Wildman–Crippen LogP) is 0.389. The molecule has 0 amide bonds. The molecule has 132 valence electrons. The van der Waals surface area contributed by atoms with Crippen molar-refractivity contribution >= 4 is 26.2 Å². The molecule has 0 aliphatic heterocycles. The van der Waals surface area contributed by atoms with Crippen LogP contribution in [0.15, 0.2) is 48.8 Å². The number of rotatable bonds is 5. The lowest BCUT2D eigenvalue weighted by atomic mass is 10.3. The van der Waals surface area contributed by atoms with E-state index in [1.807, 2.05) is 24.3 Å². The molecule has 2 heterocycles. The normalized spacial score (nSPS) is 12.8. The van der Waals surface area contributed by atoms with Gasteiger partial charge in [0.25, 0.3) is 0 Å². The van der Waals surface area contributed by atoms with Crippen molar-refractivity contribution in [2.24, 2.45) is 0 Å². The van der Waals surface area contributed by atoms with Crippen LogP contribution in [0.4, 0.5) is 0 Å². The highest BCUT2D eigenvalue weighted by atomic mass is 31.2. The molecule has 0 unspecified atom stereocenters. The quantitative estimate of drug-likeness (QED) is 0.364. The predicted molar refractivity (Wildman–Crippen MR) is 86.9 cm³/mol. The molecule has 4 N–H and O–H groups in total. The molecular weight excluding hydrogens is 370 g/mol. The summed E-state index contributed by atoms with van der Waals surface area (Å²) in [6, 6.07) is 10.6. The largest absolute Gasteiger partial charge is 0.347 e. The fourth-order valence-corrected chi connectivity index (χ4v) is 4.74. The first-order valence-electron chi connectivity index (χ1n) is 7.06. The van der Waals surface area contributed by atoms with E-state index >= 15 is 0 Å². The summed E-state index contributed by atoms with van der Waals surface area (Å²) in [6.07, 6.45) is 2.92. The zero-order valence-electron chi connectivity index (χ0n) is 12.7. The molecule has 0 saturated carbocycles. The van der Waals surface area contributed by atoms with E-state index in [2.05, 4.69) is 10.3 Å². The Bertz CT molecular complexity index is 971. The van der Waals surface area contributed by atoms with Crippen LogP contribution in [-0.2, 0) is 15.7 Å². The number of nitrogens with zero attached hydrogens (tertiary/aromatic N) is 4. The summed E-state index contributed by atoms with van der Waals surface area (Å²) in [6.45, 7) is -0.521. The molecule has 10 nitrogen and oxygen atoms in total. The maximum Gasteiger partial charge on any atom is 0.347 e. The van der Waals surface area contributed by atoms with Crippen molar-refractivity contribution in [3.05, 3.63) is 48.8 Å². The molecule has 0 fully saturated rings. The number of pyridine rings is 1. The molecule has 2 aromatic heterocycles. The fourth-order valence-electron chi connectivity index (χ4n) is 2.37. The first-order valence-corrected chi connectivity index (χ1v) is 10.4. The number of hydrogen-bond acceptors (Lipinski definition) is 4. The van der Waals surface area contributed by atoms with Gasteiger partial charge in [0.1, 0.15) is 5.52 Å². The third kappa shape index (κ3) is 3.85. The van der Waals surface area contributed by atoms with Crippen LogP contribution < -0.4 is 4.57 Å². The molecule has 0 atom stereocenters. The molecule has 0 spiro atoms. The molecule has 1 aromatic carbocycles. The number of benzene rings is 1. The highest BCUT2D eigenvalue weighted by Gasteiger charge is 2.46. The van der Waals surface area contributed by atoms with Gasteiger partial charge in [-0.1, -0.05) is 17.3 Å². The van der Waals surface area contributed by atoms with Crippen LogP contribution in [0.3, 0.4) is 0 Å². The summed E-state index contributed by atoms with van der Waals surface area (Å²) in [5, 5.41) is 5.98. The third-order valence-electron chi connectivity index (χ3n) is 3.62. The van der Waals surface area contributed by atoms with E-state index in [9.17, 15) is 28.7 Å². The van der Waals surface area contributed by atoms with Crippen molar-refractivity contribution in [3.63, 3.8) is 0 Å². The fraction of sp³-hybridized carbons (Fsp3) is 0.154. The van der Waals surface area contributed by atoms with Gasteiger partial charge in [0.2, 0.25) is 5.40 Å². The van der Waals surface area contributed by atoms with E-state index in [1.54, 1.807) is 16.8 Å². The van der Waals surface area contributed by atoms with Gasteiger partial charge < -0.3 is 19.6 Å². The van der Waals surface area contributed by atoms with Crippen LogP contribution in [-0.4, -0.2) is 40.0 Å². The van der Waals surface area contributed by atoms with Crippen molar-refractivity contribution in [1.29, 1.82) is 0 Å². The molecule has 0 radical (unpaired) electrons. The Labute approximate surface area is 141 Å². The maximum atomic E-state index is 11.3. The SMILES string of the molecule is O=P(O)(O)C(C[n+]1ccc(-n2nnc3ccccc32)cc1)P(=O)(O)O. The second kappa shape index (κ2) is 6.42. The van der Waals surface area contributed by atoms with Crippen molar-refractivity contribution in [3.8, 4) is 5.69 Å². The molecule has 25 heavy (non-hydrogen) atoms. The highest BCUT2D eigenvalue weighted by molar-refractivity contribution is 7.70. The van der Waals surface area contributed by atoms with Crippen LogP contribution >= 0.6 is 15.2 Å². The van der Waals surface area contributed by atoms with Crippen LogP contribution in [0.5, 0.6) is 0 Å². The lowest BCUT2D eigenvalue weighted by Crippen LogP contribution is -2.39. The lowest BCUT2D eigenvalue weighted by Gasteiger charge is -2.16. The minimum absolute atomic E-state index is 0.521. The summed E-state index contributed by atoms with van der Waals surface area (Å²) < 4.78 is 25.6. The zero-order valence-corrected chi connectivity index (χ0v) is 14.5. The van der Waals surface area contributed by atoms with Gasteiger partial charge in [-0.05, 0) is 12.1 Å². The van der Waals surface area contributed by atoms with E-state index in [1.165, 1.54) is 17.0 Å². The minimum Gasteiger partial charge on any atom is -0.324 e. The highest BCUT2D eigenvalue weighted by Crippen LogP contribution is 2.59. The van der Waals surface area contributed by atoms with E-state index in [4.69, 9.17) is 0 Å². The Morgan fingerprint density at radius 2 is 1.60 bits per heavy atom. The number of aromatic nitrogens is 4. The van der Waals surface area contributed by atoms with Gasteiger partial charge in [-0.3, -0.25) is 9.13 Å². The molecule has 3 rings (SSSR count). The van der Waals surface area contributed by atoms with E-state index in [0.717, 1.165) is 5.52 Å². The summed E-state index contributed by atoms with van der Waals surface area (Å²) in [5.41, 5.74) is 2.14. The number of para-hydroxylation sites is 1. The van der Waals surface area contributed by atoms with Crippen molar-refractivity contribution in [2.75, 3.05) is 0 Å². The average Bonchev–Trinajstić information content (AvgIpc) is 2.95. The van der Waals surface area contributed by atoms with E-state index in [-0.39, 0.29) is 0 Å².